The van der Waals surface area contributed by atoms with Crippen LogP contribution in [0.2, 0.25) is 0 Å². The van der Waals surface area contributed by atoms with Crippen molar-refractivity contribution in [2.24, 2.45) is 0 Å². The molecule has 0 saturated carbocycles. The highest BCUT2D eigenvalue weighted by Gasteiger charge is 2.13. The zero-order chi connectivity index (χ0) is 18.5. The first-order chi connectivity index (χ1) is 13.3. The van der Waals surface area contributed by atoms with Gasteiger partial charge in [0.15, 0.2) is 5.82 Å². The van der Waals surface area contributed by atoms with Crippen LogP contribution in [0.3, 0.4) is 0 Å². The molecular formula is C21H24N6. The van der Waals surface area contributed by atoms with Crippen molar-refractivity contribution in [1.29, 1.82) is 0 Å². The molecule has 0 unspecified atom stereocenters. The highest BCUT2D eigenvalue weighted by Crippen LogP contribution is 2.25. The van der Waals surface area contributed by atoms with Crippen LogP contribution in [0.4, 0.5) is 28.8 Å². The van der Waals surface area contributed by atoms with Gasteiger partial charge in [-0.15, -0.1) is 5.10 Å². The maximum absolute atomic E-state index is 4.65. The molecule has 0 amide bonds. The van der Waals surface area contributed by atoms with Crippen molar-refractivity contribution in [2.45, 2.75) is 19.8 Å². The van der Waals surface area contributed by atoms with Crippen molar-refractivity contribution in [2.75, 3.05) is 34.8 Å². The lowest BCUT2D eigenvalue weighted by Crippen LogP contribution is -2.18. The molecule has 2 heterocycles. The van der Waals surface area contributed by atoms with Gasteiger partial charge in [-0.3, -0.25) is 0 Å². The van der Waals surface area contributed by atoms with E-state index >= 15 is 0 Å². The molecular weight excluding hydrogens is 336 g/mol. The number of para-hydroxylation sites is 1. The third kappa shape index (κ3) is 4.00. The number of hydrogen-bond donors (Lipinski definition) is 1. The Bertz CT molecular complexity index is 859. The number of hydrogen-bond acceptors (Lipinski definition) is 6. The average molecular weight is 360 g/mol. The van der Waals surface area contributed by atoms with Gasteiger partial charge in [0.2, 0.25) is 5.95 Å². The molecule has 1 aliphatic rings. The first-order valence-electron chi connectivity index (χ1n) is 9.48. The molecule has 0 atom stereocenters. The van der Waals surface area contributed by atoms with E-state index in [-0.39, 0.29) is 0 Å². The standard InChI is InChI=1S/C21H24N6/c1-2-27(19-8-4-3-5-9-19)20-16-22-25-21(24-20)23-17-10-12-18(13-11-17)26-14-6-7-15-26/h3-5,8-13,16H,2,6-7,14-15H2,1H3,(H,23,24,25). The van der Waals surface area contributed by atoms with Crippen LogP contribution >= 0.6 is 0 Å². The smallest absolute Gasteiger partial charge is 0.249 e. The van der Waals surface area contributed by atoms with Gasteiger partial charge in [0.1, 0.15) is 0 Å². The highest BCUT2D eigenvalue weighted by molar-refractivity contribution is 5.62. The molecule has 0 bridgehead atoms. The van der Waals surface area contributed by atoms with Crippen LogP contribution in [-0.2, 0) is 0 Å². The lowest BCUT2D eigenvalue weighted by Gasteiger charge is -2.21. The van der Waals surface area contributed by atoms with Gasteiger partial charge in [0.05, 0.1) is 6.20 Å². The predicted molar refractivity (Wildman–Crippen MR) is 110 cm³/mol. The van der Waals surface area contributed by atoms with E-state index in [1.54, 1.807) is 6.20 Å². The minimum Gasteiger partial charge on any atom is -0.372 e. The van der Waals surface area contributed by atoms with Crippen molar-refractivity contribution in [3.05, 3.63) is 60.8 Å². The summed E-state index contributed by atoms with van der Waals surface area (Å²) < 4.78 is 0. The summed E-state index contributed by atoms with van der Waals surface area (Å²) in [4.78, 5) is 9.17. The van der Waals surface area contributed by atoms with Crippen LogP contribution in [-0.4, -0.2) is 34.8 Å². The molecule has 3 aromatic rings. The second kappa shape index (κ2) is 8.03. The van der Waals surface area contributed by atoms with Gasteiger partial charge in [-0.2, -0.15) is 10.1 Å². The van der Waals surface area contributed by atoms with Crippen LogP contribution in [0.5, 0.6) is 0 Å². The fourth-order valence-electron chi connectivity index (χ4n) is 3.42. The zero-order valence-corrected chi connectivity index (χ0v) is 15.5. The minimum absolute atomic E-state index is 0.496. The number of rotatable bonds is 6. The summed E-state index contributed by atoms with van der Waals surface area (Å²) in [6.07, 6.45) is 4.25. The molecule has 138 valence electrons. The molecule has 0 radical (unpaired) electrons. The summed E-state index contributed by atoms with van der Waals surface area (Å²) >= 11 is 0. The third-order valence-corrected chi connectivity index (χ3v) is 4.80. The predicted octanol–water partition coefficient (Wildman–Crippen LogP) is 4.37. The maximum Gasteiger partial charge on any atom is 0.249 e. The summed E-state index contributed by atoms with van der Waals surface area (Å²) in [5.41, 5.74) is 3.31. The molecule has 0 aliphatic carbocycles. The van der Waals surface area contributed by atoms with E-state index in [4.69, 9.17) is 0 Å². The normalized spacial score (nSPS) is 13.6. The third-order valence-electron chi connectivity index (χ3n) is 4.80. The summed E-state index contributed by atoms with van der Waals surface area (Å²) in [5.74, 6) is 1.27. The SMILES string of the molecule is CCN(c1ccccc1)c1cnnc(Nc2ccc(N3CCCC3)cc2)n1. The van der Waals surface area contributed by atoms with Crippen LogP contribution in [0.25, 0.3) is 0 Å². The lowest BCUT2D eigenvalue weighted by molar-refractivity contribution is 0.922. The molecule has 4 rings (SSSR count). The molecule has 27 heavy (non-hydrogen) atoms. The van der Waals surface area contributed by atoms with Gasteiger partial charge in [-0.1, -0.05) is 18.2 Å². The van der Waals surface area contributed by atoms with E-state index < -0.39 is 0 Å². The fraction of sp³-hybridized carbons (Fsp3) is 0.286. The molecule has 1 saturated heterocycles. The second-order valence-corrected chi connectivity index (χ2v) is 6.58. The number of nitrogens with zero attached hydrogens (tertiary/aromatic N) is 5. The van der Waals surface area contributed by atoms with Crippen LogP contribution < -0.4 is 15.1 Å². The molecule has 1 fully saturated rings. The quantitative estimate of drug-likeness (QED) is 0.704. The van der Waals surface area contributed by atoms with Crippen molar-refractivity contribution < 1.29 is 0 Å². The molecule has 2 aromatic carbocycles. The molecule has 1 aromatic heterocycles. The second-order valence-electron chi connectivity index (χ2n) is 6.58. The average Bonchev–Trinajstić information content (AvgIpc) is 3.25. The first kappa shape index (κ1) is 17.3. The Balaban J connectivity index is 1.50. The van der Waals surface area contributed by atoms with Gasteiger partial charge in [0.25, 0.3) is 0 Å². The van der Waals surface area contributed by atoms with Crippen molar-refractivity contribution in [3.8, 4) is 0 Å². The summed E-state index contributed by atoms with van der Waals surface area (Å²) in [5, 5.41) is 11.5. The van der Waals surface area contributed by atoms with Crippen molar-refractivity contribution in [1.82, 2.24) is 15.2 Å². The molecule has 1 aliphatic heterocycles. The van der Waals surface area contributed by atoms with E-state index in [1.165, 1.54) is 18.5 Å². The number of benzene rings is 2. The Kier molecular flexibility index (Phi) is 5.14. The van der Waals surface area contributed by atoms with Gasteiger partial charge in [-0.05, 0) is 56.2 Å². The van der Waals surface area contributed by atoms with Gasteiger partial charge < -0.3 is 15.1 Å². The van der Waals surface area contributed by atoms with Crippen molar-refractivity contribution in [3.63, 3.8) is 0 Å². The van der Waals surface area contributed by atoms with E-state index in [1.807, 2.05) is 18.2 Å². The maximum atomic E-state index is 4.65. The summed E-state index contributed by atoms with van der Waals surface area (Å²) in [6.45, 7) is 5.19. The van der Waals surface area contributed by atoms with Crippen molar-refractivity contribution >= 4 is 28.8 Å². The monoisotopic (exact) mass is 360 g/mol. The van der Waals surface area contributed by atoms with E-state index in [2.05, 4.69) is 73.6 Å². The van der Waals surface area contributed by atoms with Crippen LogP contribution in [0, 0.1) is 0 Å². The van der Waals surface area contributed by atoms with E-state index in [0.29, 0.717) is 5.95 Å². The van der Waals surface area contributed by atoms with Gasteiger partial charge in [-0.25, -0.2) is 0 Å². The molecule has 0 spiro atoms. The zero-order valence-electron chi connectivity index (χ0n) is 15.5. The Morgan fingerprint density at radius 3 is 2.44 bits per heavy atom. The first-order valence-corrected chi connectivity index (χ1v) is 9.48. The van der Waals surface area contributed by atoms with Crippen LogP contribution in [0.1, 0.15) is 19.8 Å². The Morgan fingerprint density at radius 2 is 1.74 bits per heavy atom. The topological polar surface area (TPSA) is 57.2 Å². The largest absolute Gasteiger partial charge is 0.372 e. The molecule has 6 nitrogen and oxygen atoms in total. The lowest BCUT2D eigenvalue weighted by atomic mass is 10.2. The number of nitrogens with one attached hydrogen (secondary N) is 1. The highest BCUT2D eigenvalue weighted by atomic mass is 15.3. The summed E-state index contributed by atoms with van der Waals surface area (Å²) in [6, 6.07) is 18.6. The minimum atomic E-state index is 0.496. The van der Waals surface area contributed by atoms with E-state index in [0.717, 1.165) is 36.8 Å². The van der Waals surface area contributed by atoms with Gasteiger partial charge >= 0.3 is 0 Å². The van der Waals surface area contributed by atoms with E-state index in [9.17, 15) is 0 Å². The number of aromatic nitrogens is 3. The van der Waals surface area contributed by atoms with Gasteiger partial charge in [0, 0.05) is 36.7 Å². The van der Waals surface area contributed by atoms with Crippen LogP contribution in [0.15, 0.2) is 60.8 Å². The molecule has 6 heteroatoms. The molecule has 1 N–H and O–H groups in total. The Morgan fingerprint density at radius 1 is 1.00 bits per heavy atom. The number of anilines is 5. The summed E-state index contributed by atoms with van der Waals surface area (Å²) in [7, 11) is 0. The fourth-order valence-corrected chi connectivity index (χ4v) is 3.42. The Hall–Kier alpha value is -3.15. The Labute approximate surface area is 159 Å².